The van der Waals surface area contributed by atoms with Crippen molar-refractivity contribution in [2.24, 2.45) is 11.5 Å². The summed E-state index contributed by atoms with van der Waals surface area (Å²) in [5.41, 5.74) is 12.4. The average molecular weight is 253 g/mol. The summed E-state index contributed by atoms with van der Waals surface area (Å²) >= 11 is 0. The lowest BCUT2D eigenvalue weighted by Crippen LogP contribution is -2.59. The van der Waals surface area contributed by atoms with Crippen LogP contribution in [0.5, 0.6) is 0 Å². The highest BCUT2D eigenvalue weighted by Crippen LogP contribution is 2.22. The number of Topliss-reactive ketones (excluding diaryl/α,β-unsaturated/α-hetero) is 1. The lowest BCUT2D eigenvalue weighted by Gasteiger charge is -2.30. The predicted octanol–water partition coefficient (Wildman–Crippen LogP) is 1.50. The molecule has 1 aromatic heterocycles. The molecule has 4 heteroatoms. The maximum atomic E-state index is 12.6. The lowest BCUT2D eigenvalue weighted by molar-refractivity contribution is 0.0912. The Balaban J connectivity index is 2.03. The molecule has 3 rings (SSSR count). The Hall–Kier alpha value is -2.17. The molecule has 5 N–H and O–H groups in total. The molecule has 0 fully saturated rings. The summed E-state index contributed by atoms with van der Waals surface area (Å²) in [5.74, 6) is -0.169. The Labute approximate surface area is 110 Å². The Bertz CT molecular complexity index is 698. The summed E-state index contributed by atoms with van der Waals surface area (Å²) in [7, 11) is 0. The van der Waals surface area contributed by atoms with Crippen LogP contribution in [0, 0.1) is 0 Å². The molecule has 2 atom stereocenters. The topological polar surface area (TPSA) is 84.9 Å². The van der Waals surface area contributed by atoms with Gasteiger partial charge in [-0.1, -0.05) is 36.4 Å². The van der Waals surface area contributed by atoms with Gasteiger partial charge in [0.15, 0.2) is 5.78 Å². The summed E-state index contributed by atoms with van der Waals surface area (Å²) in [5, 5.41) is 1.06. The number of nitrogens with two attached hydrogens (primary N) is 2. The van der Waals surface area contributed by atoms with Crippen LogP contribution in [0.4, 0.5) is 0 Å². The summed E-state index contributed by atoms with van der Waals surface area (Å²) in [6.45, 7) is 0. The SMILES string of the molecule is NC1C=CC=CC1(N)C(=O)c1ccc2cc[nH]c2c1. The zero-order valence-corrected chi connectivity index (χ0v) is 10.3. The van der Waals surface area contributed by atoms with Crippen molar-refractivity contribution < 1.29 is 4.79 Å². The van der Waals surface area contributed by atoms with Gasteiger partial charge in [-0.05, 0) is 17.5 Å². The van der Waals surface area contributed by atoms with Crippen molar-refractivity contribution >= 4 is 16.7 Å². The van der Waals surface area contributed by atoms with Crippen LogP contribution in [0.3, 0.4) is 0 Å². The summed E-state index contributed by atoms with van der Waals surface area (Å²) in [6.07, 6.45) is 8.81. The smallest absolute Gasteiger partial charge is 0.188 e. The largest absolute Gasteiger partial charge is 0.361 e. The van der Waals surface area contributed by atoms with Gasteiger partial charge in [0.2, 0.25) is 0 Å². The van der Waals surface area contributed by atoms with Crippen molar-refractivity contribution in [2.75, 3.05) is 0 Å². The van der Waals surface area contributed by atoms with Gasteiger partial charge in [0.25, 0.3) is 0 Å². The van der Waals surface area contributed by atoms with E-state index in [0.717, 1.165) is 10.9 Å². The molecule has 1 aliphatic rings. The molecule has 4 nitrogen and oxygen atoms in total. The molecule has 1 heterocycles. The fourth-order valence-electron chi connectivity index (χ4n) is 2.34. The van der Waals surface area contributed by atoms with Crippen LogP contribution in [0.2, 0.25) is 0 Å². The average Bonchev–Trinajstić information content (AvgIpc) is 2.88. The molecule has 2 aromatic rings. The quantitative estimate of drug-likeness (QED) is 0.709. The standard InChI is InChI=1S/C15H15N3O/c16-13-3-1-2-7-15(13,17)14(19)11-5-4-10-6-8-18-12(10)9-11/h1-9,13,18H,16-17H2. The van der Waals surface area contributed by atoms with Gasteiger partial charge in [-0.15, -0.1) is 0 Å². The van der Waals surface area contributed by atoms with Gasteiger partial charge in [0.1, 0.15) is 5.54 Å². The molecule has 2 unspecified atom stereocenters. The van der Waals surface area contributed by atoms with Crippen molar-refractivity contribution in [3.8, 4) is 0 Å². The van der Waals surface area contributed by atoms with E-state index in [0.29, 0.717) is 5.56 Å². The van der Waals surface area contributed by atoms with Gasteiger partial charge < -0.3 is 16.5 Å². The third kappa shape index (κ3) is 1.82. The Kier molecular flexibility index (Phi) is 2.62. The monoisotopic (exact) mass is 253 g/mol. The molecule has 96 valence electrons. The molecule has 0 saturated heterocycles. The van der Waals surface area contributed by atoms with E-state index >= 15 is 0 Å². The summed E-state index contributed by atoms with van der Waals surface area (Å²) in [4.78, 5) is 15.7. The molecular formula is C15H15N3O. The van der Waals surface area contributed by atoms with Crippen LogP contribution in [0.15, 0.2) is 54.8 Å². The molecule has 0 radical (unpaired) electrons. The minimum Gasteiger partial charge on any atom is -0.361 e. The second kappa shape index (κ2) is 4.19. The van der Waals surface area contributed by atoms with Crippen LogP contribution < -0.4 is 11.5 Å². The lowest BCUT2D eigenvalue weighted by atomic mass is 9.81. The van der Waals surface area contributed by atoms with Crippen LogP contribution in [-0.4, -0.2) is 22.3 Å². The number of hydrogen-bond acceptors (Lipinski definition) is 3. The number of allylic oxidation sites excluding steroid dienone is 2. The first-order chi connectivity index (χ1) is 9.11. The first kappa shape index (κ1) is 11.9. The van der Waals surface area contributed by atoms with E-state index in [9.17, 15) is 4.79 Å². The van der Waals surface area contributed by atoms with E-state index < -0.39 is 11.6 Å². The predicted molar refractivity (Wildman–Crippen MR) is 75.8 cm³/mol. The van der Waals surface area contributed by atoms with Crippen molar-refractivity contribution in [3.05, 3.63) is 60.3 Å². The van der Waals surface area contributed by atoms with E-state index in [-0.39, 0.29) is 5.78 Å². The van der Waals surface area contributed by atoms with E-state index in [1.807, 2.05) is 24.4 Å². The van der Waals surface area contributed by atoms with Gasteiger partial charge in [-0.3, -0.25) is 4.79 Å². The highest BCUT2D eigenvalue weighted by atomic mass is 16.1. The number of benzene rings is 1. The maximum Gasteiger partial charge on any atom is 0.188 e. The Morgan fingerprint density at radius 3 is 2.89 bits per heavy atom. The second-order valence-corrected chi connectivity index (χ2v) is 4.81. The molecule has 0 spiro atoms. The molecular weight excluding hydrogens is 238 g/mol. The first-order valence-electron chi connectivity index (χ1n) is 6.14. The molecule has 1 aromatic carbocycles. The molecule has 19 heavy (non-hydrogen) atoms. The van der Waals surface area contributed by atoms with Crippen LogP contribution in [0.1, 0.15) is 10.4 Å². The van der Waals surface area contributed by atoms with Crippen molar-refractivity contribution in [1.29, 1.82) is 0 Å². The first-order valence-corrected chi connectivity index (χ1v) is 6.14. The van der Waals surface area contributed by atoms with Gasteiger partial charge in [0.05, 0.1) is 6.04 Å². The maximum absolute atomic E-state index is 12.6. The van der Waals surface area contributed by atoms with Crippen molar-refractivity contribution in [1.82, 2.24) is 4.98 Å². The Morgan fingerprint density at radius 1 is 1.26 bits per heavy atom. The number of aromatic amines is 1. The fourth-order valence-corrected chi connectivity index (χ4v) is 2.34. The third-order valence-corrected chi connectivity index (χ3v) is 3.56. The number of hydrogen-bond donors (Lipinski definition) is 3. The second-order valence-electron chi connectivity index (χ2n) is 4.81. The van der Waals surface area contributed by atoms with Crippen LogP contribution >= 0.6 is 0 Å². The van der Waals surface area contributed by atoms with Gasteiger partial charge in [0, 0.05) is 17.3 Å². The summed E-state index contributed by atoms with van der Waals surface area (Å²) in [6, 6.07) is 6.94. The molecule has 0 aliphatic heterocycles. The normalized spacial score (nSPS) is 25.9. The number of rotatable bonds is 2. The van der Waals surface area contributed by atoms with E-state index in [1.165, 1.54) is 0 Å². The van der Waals surface area contributed by atoms with Crippen molar-refractivity contribution in [2.45, 2.75) is 11.6 Å². The van der Waals surface area contributed by atoms with E-state index in [2.05, 4.69) is 4.98 Å². The number of carbonyl (C=O) groups is 1. The zero-order chi connectivity index (χ0) is 13.5. The zero-order valence-electron chi connectivity index (χ0n) is 10.3. The number of fused-ring (bicyclic) bond motifs is 1. The number of aromatic nitrogens is 1. The van der Waals surface area contributed by atoms with E-state index in [1.54, 1.807) is 30.4 Å². The molecule has 0 bridgehead atoms. The number of ketones is 1. The minimum atomic E-state index is -1.17. The van der Waals surface area contributed by atoms with Crippen LogP contribution in [-0.2, 0) is 0 Å². The molecule has 1 aliphatic carbocycles. The van der Waals surface area contributed by atoms with E-state index in [4.69, 9.17) is 11.5 Å². The third-order valence-electron chi connectivity index (χ3n) is 3.56. The number of nitrogens with one attached hydrogen (secondary N) is 1. The van der Waals surface area contributed by atoms with Gasteiger partial charge in [-0.2, -0.15) is 0 Å². The Morgan fingerprint density at radius 2 is 2.11 bits per heavy atom. The summed E-state index contributed by atoms with van der Waals surface area (Å²) < 4.78 is 0. The molecule has 0 saturated carbocycles. The van der Waals surface area contributed by atoms with Crippen LogP contribution in [0.25, 0.3) is 10.9 Å². The van der Waals surface area contributed by atoms with Crippen molar-refractivity contribution in [3.63, 3.8) is 0 Å². The number of H-pyrrole nitrogens is 1. The highest BCUT2D eigenvalue weighted by molar-refractivity contribution is 6.07. The minimum absolute atomic E-state index is 0.169. The van der Waals surface area contributed by atoms with Gasteiger partial charge >= 0.3 is 0 Å². The fraction of sp³-hybridized carbons (Fsp3) is 0.133. The van der Waals surface area contributed by atoms with Gasteiger partial charge in [-0.25, -0.2) is 0 Å². The molecule has 0 amide bonds. The highest BCUT2D eigenvalue weighted by Gasteiger charge is 2.38. The number of carbonyl (C=O) groups excluding carboxylic acids is 1.